The second-order valence-corrected chi connectivity index (χ2v) is 4.74. The van der Waals surface area contributed by atoms with Crippen molar-refractivity contribution >= 4 is 5.97 Å². The summed E-state index contributed by atoms with van der Waals surface area (Å²) in [5.74, 6) is -0.620. The van der Waals surface area contributed by atoms with E-state index in [2.05, 4.69) is 0 Å². The van der Waals surface area contributed by atoms with Crippen LogP contribution in [0.3, 0.4) is 0 Å². The minimum atomic E-state index is -0.735. The van der Waals surface area contributed by atoms with Gasteiger partial charge in [-0.05, 0) is 32.4 Å². The zero-order valence-electron chi connectivity index (χ0n) is 10.9. The highest BCUT2D eigenvalue weighted by Crippen LogP contribution is 2.30. The fourth-order valence-electron chi connectivity index (χ4n) is 2.00. The van der Waals surface area contributed by atoms with E-state index >= 15 is 0 Å². The maximum atomic E-state index is 12.0. The van der Waals surface area contributed by atoms with Crippen LogP contribution in [0.1, 0.15) is 27.2 Å². The van der Waals surface area contributed by atoms with Crippen LogP contribution in [0.15, 0.2) is 30.3 Å². The summed E-state index contributed by atoms with van der Waals surface area (Å²) in [4.78, 5) is 12.0. The molecular weight excluding hydrogens is 232 g/mol. The van der Waals surface area contributed by atoms with Crippen molar-refractivity contribution in [2.75, 3.05) is 0 Å². The van der Waals surface area contributed by atoms with E-state index in [-0.39, 0.29) is 6.10 Å². The Kier molecular flexibility index (Phi) is 3.68. The second kappa shape index (κ2) is 5.08. The van der Waals surface area contributed by atoms with Crippen LogP contribution in [-0.2, 0) is 14.3 Å². The molecule has 2 atom stereocenters. The Bertz CT molecular complexity index is 413. The van der Waals surface area contributed by atoms with Crippen molar-refractivity contribution < 1.29 is 19.0 Å². The van der Waals surface area contributed by atoms with Crippen LogP contribution in [0.4, 0.5) is 0 Å². The van der Waals surface area contributed by atoms with E-state index in [1.807, 2.05) is 25.1 Å². The Balaban J connectivity index is 2.05. The van der Waals surface area contributed by atoms with Gasteiger partial charge >= 0.3 is 5.97 Å². The number of hydrogen-bond acceptors (Lipinski definition) is 4. The van der Waals surface area contributed by atoms with Gasteiger partial charge in [0.05, 0.1) is 6.10 Å². The summed E-state index contributed by atoms with van der Waals surface area (Å²) in [5, 5.41) is 0. The Morgan fingerprint density at radius 1 is 1.28 bits per heavy atom. The minimum Gasteiger partial charge on any atom is -0.425 e. The molecule has 98 valence electrons. The molecule has 0 aliphatic carbocycles. The van der Waals surface area contributed by atoms with Crippen LogP contribution >= 0.6 is 0 Å². The third-order valence-electron chi connectivity index (χ3n) is 2.78. The van der Waals surface area contributed by atoms with E-state index in [1.165, 1.54) is 0 Å². The fraction of sp³-hybridized carbons (Fsp3) is 0.500. The van der Waals surface area contributed by atoms with Gasteiger partial charge in [0.25, 0.3) is 0 Å². The monoisotopic (exact) mass is 250 g/mol. The molecule has 2 rings (SSSR count). The van der Waals surface area contributed by atoms with Gasteiger partial charge in [0, 0.05) is 0 Å². The first kappa shape index (κ1) is 13.1. The molecule has 0 N–H and O–H groups in total. The highest BCUT2D eigenvalue weighted by Gasteiger charge is 2.45. The summed E-state index contributed by atoms with van der Waals surface area (Å²) < 4.78 is 16.5. The van der Waals surface area contributed by atoms with E-state index in [4.69, 9.17) is 14.2 Å². The van der Waals surface area contributed by atoms with Gasteiger partial charge in [-0.2, -0.15) is 0 Å². The van der Waals surface area contributed by atoms with Crippen molar-refractivity contribution in [1.82, 2.24) is 0 Å². The number of carbonyl (C=O) groups is 1. The van der Waals surface area contributed by atoms with Crippen LogP contribution < -0.4 is 4.74 Å². The lowest BCUT2D eigenvalue weighted by atomic mass is 10.1. The first-order chi connectivity index (χ1) is 8.52. The molecule has 0 aromatic heterocycles. The fourth-order valence-corrected chi connectivity index (χ4v) is 2.00. The third kappa shape index (κ3) is 2.89. The number of ether oxygens (including phenoxy) is 3. The lowest BCUT2D eigenvalue weighted by Gasteiger charge is -2.16. The maximum Gasteiger partial charge on any atom is 0.343 e. The third-order valence-corrected chi connectivity index (χ3v) is 2.78. The normalized spacial score (nSPS) is 25.9. The van der Waals surface area contributed by atoms with Gasteiger partial charge in [-0.25, -0.2) is 4.79 Å². The molecule has 4 nitrogen and oxygen atoms in total. The van der Waals surface area contributed by atoms with Gasteiger partial charge in [-0.1, -0.05) is 25.1 Å². The maximum absolute atomic E-state index is 12.0. The van der Waals surface area contributed by atoms with E-state index in [0.717, 1.165) is 0 Å². The number of hydrogen-bond donors (Lipinski definition) is 0. The lowest BCUT2D eigenvalue weighted by Crippen LogP contribution is -2.34. The molecule has 1 aliphatic rings. The van der Waals surface area contributed by atoms with Gasteiger partial charge < -0.3 is 14.2 Å². The Morgan fingerprint density at radius 3 is 2.56 bits per heavy atom. The predicted octanol–water partition coefficient (Wildman–Crippen LogP) is 2.52. The molecule has 0 saturated carbocycles. The van der Waals surface area contributed by atoms with E-state index < -0.39 is 17.9 Å². The van der Waals surface area contributed by atoms with Crippen LogP contribution in [0.2, 0.25) is 0 Å². The quantitative estimate of drug-likeness (QED) is 0.611. The van der Waals surface area contributed by atoms with Crippen molar-refractivity contribution in [2.45, 2.75) is 45.2 Å². The molecule has 18 heavy (non-hydrogen) atoms. The molecule has 0 radical (unpaired) electrons. The summed E-state index contributed by atoms with van der Waals surface area (Å²) >= 11 is 0. The van der Waals surface area contributed by atoms with Crippen LogP contribution in [0.5, 0.6) is 5.75 Å². The summed E-state index contributed by atoms with van der Waals surface area (Å²) in [6.07, 6.45) is -0.209. The highest BCUT2D eigenvalue weighted by atomic mass is 16.8. The van der Waals surface area contributed by atoms with Crippen molar-refractivity contribution in [3.05, 3.63) is 30.3 Å². The van der Waals surface area contributed by atoms with E-state index in [0.29, 0.717) is 12.2 Å². The van der Waals surface area contributed by atoms with Gasteiger partial charge in [0.15, 0.2) is 11.9 Å². The molecule has 1 aliphatic heterocycles. The average Bonchev–Trinajstić information content (AvgIpc) is 2.66. The van der Waals surface area contributed by atoms with Crippen molar-refractivity contribution in [1.29, 1.82) is 0 Å². The lowest BCUT2D eigenvalue weighted by molar-refractivity contribution is -0.163. The number of rotatable bonds is 3. The molecule has 1 fully saturated rings. The molecule has 1 heterocycles. The minimum absolute atomic E-state index is 0.254. The molecule has 1 saturated heterocycles. The summed E-state index contributed by atoms with van der Waals surface area (Å²) in [6.45, 7) is 5.55. The molecule has 4 heteroatoms. The van der Waals surface area contributed by atoms with Gasteiger partial charge in [-0.15, -0.1) is 0 Å². The zero-order valence-corrected chi connectivity index (χ0v) is 10.9. The van der Waals surface area contributed by atoms with Crippen molar-refractivity contribution in [3.8, 4) is 5.75 Å². The zero-order chi connectivity index (χ0) is 13.2. The molecule has 0 amide bonds. The van der Waals surface area contributed by atoms with Crippen LogP contribution in [0, 0.1) is 0 Å². The summed E-state index contributed by atoms with van der Waals surface area (Å²) in [5.41, 5.74) is 0. The van der Waals surface area contributed by atoms with Gasteiger partial charge in [0.2, 0.25) is 0 Å². The van der Waals surface area contributed by atoms with Gasteiger partial charge in [-0.3, -0.25) is 0 Å². The molecule has 2 unspecified atom stereocenters. The summed E-state index contributed by atoms with van der Waals surface area (Å²) in [7, 11) is 0. The number of benzene rings is 1. The van der Waals surface area contributed by atoms with Crippen molar-refractivity contribution in [2.24, 2.45) is 0 Å². The second-order valence-electron chi connectivity index (χ2n) is 4.74. The SMILES string of the molecule is CCC1OC(C)(C)OC1C(=O)Oc1ccccc1. The predicted molar refractivity (Wildman–Crippen MR) is 66.2 cm³/mol. The smallest absolute Gasteiger partial charge is 0.343 e. The first-order valence-corrected chi connectivity index (χ1v) is 6.14. The number of para-hydroxylation sites is 1. The Morgan fingerprint density at radius 2 is 1.94 bits per heavy atom. The number of esters is 1. The Labute approximate surface area is 107 Å². The Hall–Kier alpha value is -1.39. The molecule has 0 bridgehead atoms. The van der Waals surface area contributed by atoms with E-state index in [9.17, 15) is 4.79 Å². The topological polar surface area (TPSA) is 44.8 Å². The van der Waals surface area contributed by atoms with Crippen LogP contribution in [0.25, 0.3) is 0 Å². The largest absolute Gasteiger partial charge is 0.425 e. The summed E-state index contributed by atoms with van der Waals surface area (Å²) in [6, 6.07) is 8.97. The highest BCUT2D eigenvalue weighted by molar-refractivity contribution is 5.78. The van der Waals surface area contributed by atoms with Crippen molar-refractivity contribution in [3.63, 3.8) is 0 Å². The molecule has 1 aromatic carbocycles. The average molecular weight is 250 g/mol. The number of carbonyl (C=O) groups excluding carboxylic acids is 1. The molecule has 0 spiro atoms. The molecular formula is C14H18O4. The van der Waals surface area contributed by atoms with Gasteiger partial charge in [0.1, 0.15) is 5.75 Å². The van der Waals surface area contributed by atoms with E-state index in [1.54, 1.807) is 26.0 Å². The standard InChI is InChI=1S/C14H18O4/c1-4-11-12(18-14(2,3)17-11)13(15)16-10-8-6-5-7-9-10/h5-9,11-12H,4H2,1-3H3. The molecule has 1 aromatic rings. The van der Waals surface area contributed by atoms with Crippen LogP contribution in [-0.4, -0.2) is 24.0 Å². The first-order valence-electron chi connectivity index (χ1n) is 6.14.